The molecular formula is C23H27N5O. The summed E-state index contributed by atoms with van der Waals surface area (Å²) in [5.74, 6) is -0.105. The molecule has 0 unspecified atom stereocenters. The fourth-order valence-electron chi connectivity index (χ4n) is 3.73. The van der Waals surface area contributed by atoms with Crippen LogP contribution in [0.3, 0.4) is 0 Å². The van der Waals surface area contributed by atoms with E-state index >= 15 is 0 Å². The Morgan fingerprint density at radius 3 is 2.72 bits per heavy atom. The normalized spacial score (nSPS) is 11.6. The van der Waals surface area contributed by atoms with Crippen molar-refractivity contribution in [1.82, 2.24) is 25.4 Å². The van der Waals surface area contributed by atoms with Gasteiger partial charge in [0.1, 0.15) is 5.69 Å². The van der Waals surface area contributed by atoms with E-state index in [1.54, 1.807) is 7.05 Å². The van der Waals surface area contributed by atoms with Gasteiger partial charge in [0.25, 0.3) is 5.91 Å². The number of carbonyl (C=O) groups is 1. The molecule has 6 heteroatoms. The molecule has 0 aliphatic carbocycles. The number of unbranched alkanes of at least 4 members (excludes halogenated alkanes) is 1. The molecule has 6 nitrogen and oxygen atoms in total. The molecule has 2 aromatic carbocycles. The van der Waals surface area contributed by atoms with Crippen molar-refractivity contribution in [2.75, 3.05) is 27.7 Å². The maximum atomic E-state index is 11.9. The Kier molecular flexibility index (Phi) is 5.36. The molecule has 0 spiro atoms. The monoisotopic (exact) mass is 389 g/mol. The summed E-state index contributed by atoms with van der Waals surface area (Å²) >= 11 is 0. The van der Waals surface area contributed by atoms with Crippen LogP contribution in [0.15, 0.2) is 42.5 Å². The molecule has 2 heterocycles. The number of aromatic amines is 2. The number of aromatic nitrogens is 3. The number of nitrogens with zero attached hydrogens (tertiary/aromatic N) is 2. The Balaban J connectivity index is 1.58. The largest absolute Gasteiger partial charge is 0.355 e. The van der Waals surface area contributed by atoms with Gasteiger partial charge in [0, 0.05) is 28.9 Å². The first-order chi connectivity index (χ1) is 14.0. The van der Waals surface area contributed by atoms with Crippen molar-refractivity contribution in [3.05, 3.63) is 53.6 Å². The maximum absolute atomic E-state index is 11.9. The predicted octanol–water partition coefficient (Wildman–Crippen LogP) is 3.96. The lowest BCUT2D eigenvalue weighted by Crippen LogP contribution is -2.17. The first-order valence-electron chi connectivity index (χ1n) is 10.0. The minimum Gasteiger partial charge on any atom is -0.355 e. The topological polar surface area (TPSA) is 76.8 Å². The Bertz CT molecular complexity index is 1150. The summed E-state index contributed by atoms with van der Waals surface area (Å²) in [6.07, 6.45) is 3.50. The maximum Gasteiger partial charge on any atom is 0.251 e. The lowest BCUT2D eigenvalue weighted by Gasteiger charge is -2.08. The van der Waals surface area contributed by atoms with E-state index in [2.05, 4.69) is 63.8 Å². The third kappa shape index (κ3) is 4.03. The third-order valence-corrected chi connectivity index (χ3v) is 5.31. The van der Waals surface area contributed by atoms with Crippen LogP contribution < -0.4 is 5.32 Å². The molecule has 0 bridgehead atoms. The first-order valence-corrected chi connectivity index (χ1v) is 10.0. The van der Waals surface area contributed by atoms with E-state index in [1.165, 1.54) is 23.8 Å². The molecule has 0 radical (unpaired) electrons. The molecule has 29 heavy (non-hydrogen) atoms. The summed E-state index contributed by atoms with van der Waals surface area (Å²) in [6.45, 7) is 1.13. The van der Waals surface area contributed by atoms with Gasteiger partial charge < -0.3 is 15.2 Å². The number of hydrogen-bond donors (Lipinski definition) is 3. The van der Waals surface area contributed by atoms with Crippen molar-refractivity contribution in [1.29, 1.82) is 0 Å². The van der Waals surface area contributed by atoms with Gasteiger partial charge in [-0.15, -0.1) is 0 Å². The van der Waals surface area contributed by atoms with Gasteiger partial charge >= 0.3 is 0 Å². The van der Waals surface area contributed by atoms with Crippen LogP contribution >= 0.6 is 0 Å². The van der Waals surface area contributed by atoms with Crippen LogP contribution in [0, 0.1) is 0 Å². The molecular weight excluding hydrogens is 362 g/mol. The van der Waals surface area contributed by atoms with E-state index in [-0.39, 0.29) is 5.91 Å². The number of hydrogen-bond acceptors (Lipinski definition) is 3. The summed E-state index contributed by atoms with van der Waals surface area (Å²) in [4.78, 5) is 17.6. The fourth-order valence-corrected chi connectivity index (χ4v) is 3.73. The second-order valence-corrected chi connectivity index (χ2v) is 7.78. The number of H-pyrrole nitrogens is 2. The number of aryl methyl sites for hydroxylation is 1. The average molecular weight is 390 g/mol. The molecule has 0 aliphatic heterocycles. The highest BCUT2D eigenvalue weighted by Gasteiger charge is 2.13. The zero-order chi connectivity index (χ0) is 20.4. The summed E-state index contributed by atoms with van der Waals surface area (Å²) < 4.78 is 0. The minimum absolute atomic E-state index is 0.105. The van der Waals surface area contributed by atoms with Gasteiger partial charge in [-0.25, -0.2) is 0 Å². The number of carbonyl (C=O) groups excluding carboxylic acids is 1. The van der Waals surface area contributed by atoms with E-state index in [0.29, 0.717) is 5.56 Å². The van der Waals surface area contributed by atoms with E-state index < -0.39 is 0 Å². The van der Waals surface area contributed by atoms with Crippen molar-refractivity contribution >= 4 is 27.7 Å². The Morgan fingerprint density at radius 1 is 1.07 bits per heavy atom. The van der Waals surface area contributed by atoms with Crippen molar-refractivity contribution in [3.8, 4) is 11.4 Å². The smallest absolute Gasteiger partial charge is 0.251 e. The third-order valence-electron chi connectivity index (χ3n) is 5.31. The van der Waals surface area contributed by atoms with E-state index in [0.717, 1.165) is 40.8 Å². The zero-order valence-corrected chi connectivity index (χ0v) is 17.2. The van der Waals surface area contributed by atoms with Crippen LogP contribution in [-0.2, 0) is 6.42 Å². The van der Waals surface area contributed by atoms with Gasteiger partial charge in [-0.05, 0) is 81.9 Å². The van der Waals surface area contributed by atoms with Crippen LogP contribution in [0.25, 0.3) is 33.2 Å². The predicted molar refractivity (Wildman–Crippen MR) is 118 cm³/mol. The van der Waals surface area contributed by atoms with Gasteiger partial charge in [-0.1, -0.05) is 6.07 Å². The van der Waals surface area contributed by atoms with Gasteiger partial charge in [-0.3, -0.25) is 9.89 Å². The highest BCUT2D eigenvalue weighted by atomic mass is 16.1. The molecule has 4 aromatic rings. The fraction of sp³-hybridized carbons (Fsp3) is 0.304. The molecule has 0 saturated heterocycles. The van der Waals surface area contributed by atoms with E-state index in [9.17, 15) is 4.79 Å². The Morgan fingerprint density at radius 2 is 1.93 bits per heavy atom. The number of benzene rings is 2. The summed E-state index contributed by atoms with van der Waals surface area (Å²) in [5.41, 5.74) is 5.78. The van der Waals surface area contributed by atoms with Crippen LogP contribution in [0.1, 0.15) is 28.8 Å². The SMILES string of the molecule is CNC(=O)c1ccc2c(-c3cc4cc(CCCCN(C)C)ccc4[nH]3)n[nH]c2c1. The number of rotatable bonds is 7. The Hall–Kier alpha value is -3.12. The first kappa shape index (κ1) is 19.2. The molecule has 4 rings (SSSR count). The summed E-state index contributed by atoms with van der Waals surface area (Å²) in [6, 6.07) is 14.4. The minimum atomic E-state index is -0.105. The summed E-state index contributed by atoms with van der Waals surface area (Å²) in [7, 11) is 5.86. The lowest BCUT2D eigenvalue weighted by atomic mass is 10.1. The second kappa shape index (κ2) is 8.09. The van der Waals surface area contributed by atoms with Crippen molar-refractivity contribution in [3.63, 3.8) is 0 Å². The van der Waals surface area contributed by atoms with Gasteiger partial charge in [0.05, 0.1) is 11.2 Å². The molecule has 2 aromatic heterocycles. The summed E-state index contributed by atoms with van der Waals surface area (Å²) in [5, 5.41) is 12.4. The van der Waals surface area contributed by atoms with Crippen LogP contribution in [0.4, 0.5) is 0 Å². The Labute approximate surface area is 170 Å². The van der Waals surface area contributed by atoms with Crippen LogP contribution in [-0.4, -0.2) is 53.7 Å². The molecule has 3 N–H and O–H groups in total. The molecule has 0 saturated carbocycles. The number of fused-ring (bicyclic) bond motifs is 2. The lowest BCUT2D eigenvalue weighted by molar-refractivity contribution is 0.0963. The molecule has 0 fully saturated rings. The standard InChI is InChI=1S/C23H27N5O/c1-24-23(29)16-8-9-18-20(13-16)26-27-22(18)21-14-17-12-15(7-10-19(17)25-21)6-4-5-11-28(2)3/h7-10,12-14,25H,4-6,11H2,1-3H3,(H,24,29)(H,26,27). The molecule has 0 atom stereocenters. The molecule has 0 aliphatic rings. The average Bonchev–Trinajstić information content (AvgIpc) is 3.33. The van der Waals surface area contributed by atoms with Gasteiger partial charge in [0.15, 0.2) is 0 Å². The number of nitrogens with one attached hydrogen (secondary N) is 3. The van der Waals surface area contributed by atoms with Gasteiger partial charge in [0.2, 0.25) is 0 Å². The van der Waals surface area contributed by atoms with Crippen molar-refractivity contribution < 1.29 is 4.79 Å². The van der Waals surface area contributed by atoms with Crippen molar-refractivity contribution in [2.24, 2.45) is 0 Å². The highest BCUT2D eigenvalue weighted by Crippen LogP contribution is 2.29. The molecule has 1 amide bonds. The van der Waals surface area contributed by atoms with Crippen molar-refractivity contribution in [2.45, 2.75) is 19.3 Å². The van der Waals surface area contributed by atoms with Crippen LogP contribution in [0.5, 0.6) is 0 Å². The highest BCUT2D eigenvalue weighted by molar-refractivity contribution is 6.01. The number of amides is 1. The zero-order valence-electron chi connectivity index (χ0n) is 17.2. The van der Waals surface area contributed by atoms with E-state index in [4.69, 9.17) is 0 Å². The van der Waals surface area contributed by atoms with Crippen LogP contribution in [0.2, 0.25) is 0 Å². The van der Waals surface area contributed by atoms with Gasteiger partial charge in [-0.2, -0.15) is 5.10 Å². The molecule has 150 valence electrons. The quantitative estimate of drug-likeness (QED) is 0.419. The second-order valence-electron chi connectivity index (χ2n) is 7.78. The van der Waals surface area contributed by atoms with E-state index in [1.807, 2.05) is 18.2 Å².